The van der Waals surface area contributed by atoms with Crippen molar-refractivity contribution in [3.63, 3.8) is 0 Å². The normalized spacial score (nSPS) is 9.55. The monoisotopic (exact) mass is 150 g/mol. The molecule has 0 unspecified atom stereocenters. The Morgan fingerprint density at radius 2 is 2.45 bits per heavy atom. The van der Waals surface area contributed by atoms with Crippen molar-refractivity contribution in [2.24, 2.45) is 0 Å². The minimum atomic E-state index is 0.0281. The number of rotatable bonds is 3. The molecule has 0 spiro atoms. The third-order valence-corrected chi connectivity index (χ3v) is 1.37. The van der Waals surface area contributed by atoms with Crippen molar-refractivity contribution in [3.05, 3.63) is 29.6 Å². The summed E-state index contributed by atoms with van der Waals surface area (Å²) in [6.45, 7) is 0.0281. The Kier molecular flexibility index (Phi) is 2.74. The van der Waals surface area contributed by atoms with E-state index in [1.54, 1.807) is 18.4 Å². The van der Waals surface area contributed by atoms with Crippen LogP contribution in [0.15, 0.2) is 18.3 Å². The standard InChI is InChI=1S/C8H8NO2/c10-5-3-7-2-1-4-9-8(7)6-11/h1-2,4,10H,3,5H2. The lowest BCUT2D eigenvalue weighted by molar-refractivity contribution is 0.299. The van der Waals surface area contributed by atoms with E-state index in [-0.39, 0.29) is 6.61 Å². The molecule has 0 amide bonds. The van der Waals surface area contributed by atoms with Gasteiger partial charge in [0.2, 0.25) is 0 Å². The molecule has 1 rings (SSSR count). The van der Waals surface area contributed by atoms with E-state index in [9.17, 15) is 4.79 Å². The number of carbonyl (C=O) groups excluding carboxylic acids is 1. The van der Waals surface area contributed by atoms with Gasteiger partial charge in [0, 0.05) is 12.8 Å². The van der Waals surface area contributed by atoms with E-state index in [0.29, 0.717) is 12.1 Å². The van der Waals surface area contributed by atoms with Crippen LogP contribution >= 0.6 is 0 Å². The molecule has 0 aliphatic rings. The summed E-state index contributed by atoms with van der Waals surface area (Å²) in [5.74, 6) is 0. The topological polar surface area (TPSA) is 50.2 Å². The maximum atomic E-state index is 10.2. The molecule has 1 N–H and O–H groups in total. The SMILES string of the molecule is O=[C]c1ncccc1CCO. The van der Waals surface area contributed by atoms with Crippen LogP contribution in [-0.2, 0) is 11.2 Å². The van der Waals surface area contributed by atoms with Gasteiger partial charge >= 0.3 is 0 Å². The Labute approximate surface area is 64.7 Å². The quantitative estimate of drug-likeness (QED) is 0.663. The van der Waals surface area contributed by atoms with Crippen LogP contribution in [0.5, 0.6) is 0 Å². The highest BCUT2D eigenvalue weighted by Gasteiger charge is 2.00. The molecule has 11 heavy (non-hydrogen) atoms. The Bertz CT molecular complexity index is 248. The lowest BCUT2D eigenvalue weighted by Gasteiger charge is -1.98. The molecule has 1 radical (unpaired) electrons. The van der Waals surface area contributed by atoms with Crippen molar-refractivity contribution in [2.45, 2.75) is 6.42 Å². The van der Waals surface area contributed by atoms with Crippen LogP contribution in [0.3, 0.4) is 0 Å². The largest absolute Gasteiger partial charge is 0.396 e. The van der Waals surface area contributed by atoms with Crippen LogP contribution < -0.4 is 0 Å². The fourth-order valence-corrected chi connectivity index (χ4v) is 0.853. The highest BCUT2D eigenvalue weighted by molar-refractivity contribution is 5.74. The molecule has 0 saturated carbocycles. The predicted molar refractivity (Wildman–Crippen MR) is 39.8 cm³/mol. The van der Waals surface area contributed by atoms with Gasteiger partial charge in [0.25, 0.3) is 6.29 Å². The van der Waals surface area contributed by atoms with Gasteiger partial charge in [0.15, 0.2) is 0 Å². The zero-order valence-corrected chi connectivity index (χ0v) is 5.95. The molecule has 0 atom stereocenters. The van der Waals surface area contributed by atoms with E-state index in [1.165, 1.54) is 6.20 Å². The minimum Gasteiger partial charge on any atom is -0.396 e. The van der Waals surface area contributed by atoms with Gasteiger partial charge in [-0.15, -0.1) is 0 Å². The molecule has 0 aliphatic heterocycles. The second kappa shape index (κ2) is 3.83. The van der Waals surface area contributed by atoms with Crippen molar-refractivity contribution in [1.82, 2.24) is 4.98 Å². The highest BCUT2D eigenvalue weighted by atomic mass is 16.3. The molecule has 0 bridgehead atoms. The summed E-state index contributed by atoms with van der Waals surface area (Å²) >= 11 is 0. The maximum Gasteiger partial charge on any atom is 0.253 e. The van der Waals surface area contributed by atoms with E-state index in [1.807, 2.05) is 0 Å². The van der Waals surface area contributed by atoms with Crippen LogP contribution in [-0.4, -0.2) is 23.0 Å². The van der Waals surface area contributed by atoms with Crippen molar-refractivity contribution >= 4 is 6.29 Å². The first kappa shape index (κ1) is 7.88. The van der Waals surface area contributed by atoms with E-state index >= 15 is 0 Å². The average molecular weight is 150 g/mol. The molecular formula is C8H8NO2. The Hall–Kier alpha value is -1.22. The zero-order valence-electron chi connectivity index (χ0n) is 5.95. The van der Waals surface area contributed by atoms with Crippen LogP contribution in [0.4, 0.5) is 0 Å². The minimum absolute atomic E-state index is 0.0281. The lowest BCUT2D eigenvalue weighted by Crippen LogP contribution is -1.98. The molecule has 0 aromatic carbocycles. The highest BCUT2D eigenvalue weighted by Crippen LogP contribution is 2.02. The van der Waals surface area contributed by atoms with Gasteiger partial charge in [-0.1, -0.05) is 6.07 Å². The fourth-order valence-electron chi connectivity index (χ4n) is 0.853. The van der Waals surface area contributed by atoms with Gasteiger partial charge in [0.05, 0.1) is 0 Å². The summed E-state index contributed by atoms with van der Waals surface area (Å²) in [6.07, 6.45) is 3.69. The first-order chi connectivity index (χ1) is 5.38. The molecule has 1 heterocycles. The van der Waals surface area contributed by atoms with Crippen molar-refractivity contribution in [2.75, 3.05) is 6.61 Å². The van der Waals surface area contributed by atoms with E-state index in [0.717, 1.165) is 5.56 Å². The molecule has 0 aliphatic carbocycles. The Morgan fingerprint density at radius 1 is 1.64 bits per heavy atom. The smallest absolute Gasteiger partial charge is 0.253 e. The third kappa shape index (κ3) is 1.85. The summed E-state index contributed by atoms with van der Waals surface area (Å²) in [5, 5.41) is 8.58. The van der Waals surface area contributed by atoms with Gasteiger partial charge in [-0.05, 0) is 18.1 Å². The Balaban J connectivity index is 2.92. The first-order valence-corrected chi connectivity index (χ1v) is 3.31. The number of aliphatic hydroxyl groups excluding tert-OH is 1. The summed E-state index contributed by atoms with van der Waals surface area (Å²) in [6, 6.07) is 3.48. The van der Waals surface area contributed by atoms with Gasteiger partial charge in [-0.25, -0.2) is 0 Å². The van der Waals surface area contributed by atoms with Gasteiger partial charge < -0.3 is 5.11 Å². The summed E-state index contributed by atoms with van der Waals surface area (Å²) < 4.78 is 0. The number of hydrogen-bond donors (Lipinski definition) is 1. The number of aromatic nitrogens is 1. The molecule has 1 aromatic heterocycles. The molecule has 0 saturated heterocycles. The van der Waals surface area contributed by atoms with Crippen molar-refractivity contribution in [3.8, 4) is 0 Å². The molecular weight excluding hydrogens is 142 g/mol. The van der Waals surface area contributed by atoms with Crippen molar-refractivity contribution in [1.29, 1.82) is 0 Å². The fraction of sp³-hybridized carbons (Fsp3) is 0.250. The van der Waals surface area contributed by atoms with Gasteiger partial charge in [-0.3, -0.25) is 9.78 Å². The number of hydrogen-bond acceptors (Lipinski definition) is 3. The van der Waals surface area contributed by atoms with Crippen LogP contribution in [0.1, 0.15) is 11.3 Å². The number of aliphatic hydroxyl groups is 1. The van der Waals surface area contributed by atoms with Crippen molar-refractivity contribution < 1.29 is 9.90 Å². The van der Waals surface area contributed by atoms with Gasteiger partial charge in [-0.2, -0.15) is 0 Å². The van der Waals surface area contributed by atoms with Crippen LogP contribution in [0.2, 0.25) is 0 Å². The molecule has 57 valence electrons. The maximum absolute atomic E-state index is 10.2. The molecule has 3 nitrogen and oxygen atoms in total. The van der Waals surface area contributed by atoms with Crippen LogP contribution in [0, 0.1) is 0 Å². The van der Waals surface area contributed by atoms with E-state index in [4.69, 9.17) is 5.11 Å². The predicted octanol–water partition coefficient (Wildman–Crippen LogP) is 0.0742. The summed E-state index contributed by atoms with van der Waals surface area (Å²) in [4.78, 5) is 14.0. The van der Waals surface area contributed by atoms with E-state index in [2.05, 4.69) is 4.98 Å². The number of nitrogens with zero attached hydrogens (tertiary/aromatic N) is 1. The summed E-state index contributed by atoms with van der Waals surface area (Å²) in [5.41, 5.74) is 1.03. The lowest BCUT2D eigenvalue weighted by atomic mass is 10.1. The molecule has 3 heteroatoms. The number of pyridine rings is 1. The zero-order chi connectivity index (χ0) is 8.10. The first-order valence-electron chi connectivity index (χ1n) is 3.31. The molecule has 0 fully saturated rings. The molecule has 1 aromatic rings. The summed E-state index contributed by atoms with van der Waals surface area (Å²) in [7, 11) is 0. The average Bonchev–Trinajstić information content (AvgIpc) is 2.06. The van der Waals surface area contributed by atoms with E-state index < -0.39 is 0 Å². The second-order valence-electron chi connectivity index (χ2n) is 2.09. The Morgan fingerprint density at radius 3 is 3.09 bits per heavy atom. The second-order valence-corrected chi connectivity index (χ2v) is 2.09. The third-order valence-electron chi connectivity index (χ3n) is 1.37. The van der Waals surface area contributed by atoms with Crippen LogP contribution in [0.25, 0.3) is 0 Å². The van der Waals surface area contributed by atoms with Gasteiger partial charge in [0.1, 0.15) is 5.69 Å².